The van der Waals surface area contributed by atoms with Gasteiger partial charge in [-0.05, 0) is 105 Å². The summed E-state index contributed by atoms with van der Waals surface area (Å²) in [6.45, 7) is 7.45. The lowest BCUT2D eigenvalue weighted by Gasteiger charge is -2.03. The van der Waals surface area contributed by atoms with Crippen LogP contribution in [0.2, 0.25) is 0 Å². The Labute approximate surface area is 257 Å². The van der Waals surface area contributed by atoms with Crippen molar-refractivity contribution in [1.82, 2.24) is 0 Å². The molecule has 0 aliphatic carbocycles. The monoisotopic (exact) mass is 586 g/mol. The van der Waals surface area contributed by atoms with Gasteiger partial charge in [-0.2, -0.15) is 0 Å². The van der Waals surface area contributed by atoms with E-state index in [0.717, 1.165) is 22.3 Å². The van der Waals surface area contributed by atoms with Crippen molar-refractivity contribution in [3.05, 3.63) is 135 Å². The topological polar surface area (TPSA) is 106 Å². The highest BCUT2D eigenvalue weighted by Crippen LogP contribution is 2.18. The lowest BCUT2D eigenvalue weighted by Crippen LogP contribution is -1.99. The number of carbonyl (C=O) groups is 5. The summed E-state index contributed by atoms with van der Waals surface area (Å²) in [5.74, 6) is -0.0535. The molecule has 0 aliphatic rings. The maximum Gasteiger partial charge on any atom is 0.159 e. The molecule has 6 nitrogen and oxygen atoms in total. The Morgan fingerprint density at radius 2 is 0.659 bits per heavy atom. The Bertz CT molecular complexity index is 1710. The van der Waals surface area contributed by atoms with Crippen LogP contribution in [0, 0.1) is 0 Å². The summed E-state index contributed by atoms with van der Waals surface area (Å²) >= 11 is 0. The van der Waals surface area contributed by atoms with Crippen molar-refractivity contribution >= 4 is 53.2 Å². The standard InChI is InChI=1S/C20H18O3.C18H16O3/c1-13(21)18-8-6-16(7-9-18)4-5-17-10-19(14(2)22)12-20(11-17)15(3)23;1-12(19)16-9-15(10-17(11-16)13(2)20)4-3-14-5-7-18(21)8-6-14/h4-12H,1-3H3;3-11,21H,1-2H3/b5-4+;4-3+. The minimum absolute atomic E-state index is 0.0285. The third kappa shape index (κ3) is 9.81. The van der Waals surface area contributed by atoms with Crippen molar-refractivity contribution in [2.45, 2.75) is 34.6 Å². The Balaban J connectivity index is 0.000000241. The third-order valence-corrected chi connectivity index (χ3v) is 6.68. The van der Waals surface area contributed by atoms with Gasteiger partial charge in [0.1, 0.15) is 5.75 Å². The molecule has 0 fully saturated rings. The van der Waals surface area contributed by atoms with Gasteiger partial charge in [0.25, 0.3) is 0 Å². The average Bonchev–Trinajstić information content (AvgIpc) is 2.99. The molecule has 0 unspecified atom stereocenters. The minimum atomic E-state index is -0.0754. The number of Topliss-reactive ketones (excluding diaryl/α,β-unsaturated/α-hetero) is 5. The number of benzene rings is 4. The van der Waals surface area contributed by atoms with Crippen molar-refractivity contribution in [2.75, 3.05) is 0 Å². The molecule has 0 radical (unpaired) electrons. The van der Waals surface area contributed by atoms with Crippen molar-refractivity contribution in [2.24, 2.45) is 0 Å². The zero-order valence-corrected chi connectivity index (χ0v) is 25.4. The SMILES string of the molecule is CC(=O)c1cc(/C=C/c2ccc(O)cc2)cc(C(C)=O)c1.CC(=O)c1ccc(/C=C/c2cc(C(C)=O)cc(C(C)=O)c2)cc1. The van der Waals surface area contributed by atoms with Gasteiger partial charge >= 0.3 is 0 Å². The normalized spacial score (nSPS) is 10.8. The largest absolute Gasteiger partial charge is 0.508 e. The van der Waals surface area contributed by atoms with E-state index in [2.05, 4.69) is 0 Å². The fourth-order valence-electron chi connectivity index (χ4n) is 4.11. The highest BCUT2D eigenvalue weighted by Gasteiger charge is 2.08. The van der Waals surface area contributed by atoms with Crippen LogP contribution in [0.5, 0.6) is 5.75 Å². The van der Waals surface area contributed by atoms with E-state index in [0.29, 0.717) is 27.8 Å². The van der Waals surface area contributed by atoms with Crippen LogP contribution in [0.25, 0.3) is 24.3 Å². The second kappa shape index (κ2) is 15.1. The second-order valence-corrected chi connectivity index (χ2v) is 10.3. The lowest BCUT2D eigenvalue weighted by atomic mass is 10.0. The van der Waals surface area contributed by atoms with E-state index in [1.807, 2.05) is 36.4 Å². The van der Waals surface area contributed by atoms with Gasteiger partial charge < -0.3 is 5.11 Å². The maximum absolute atomic E-state index is 11.6. The van der Waals surface area contributed by atoms with Crippen LogP contribution in [-0.2, 0) is 0 Å². The molecule has 1 N–H and O–H groups in total. The zero-order chi connectivity index (χ0) is 32.4. The molecule has 0 spiro atoms. The van der Waals surface area contributed by atoms with Gasteiger partial charge in [0, 0.05) is 27.8 Å². The molecule has 0 saturated heterocycles. The van der Waals surface area contributed by atoms with Gasteiger partial charge in [0.15, 0.2) is 28.9 Å². The van der Waals surface area contributed by atoms with Crippen LogP contribution in [0.15, 0.2) is 84.9 Å². The molecule has 222 valence electrons. The molecule has 0 atom stereocenters. The molecule has 0 amide bonds. The van der Waals surface area contributed by atoms with E-state index < -0.39 is 0 Å². The fourth-order valence-corrected chi connectivity index (χ4v) is 4.11. The minimum Gasteiger partial charge on any atom is -0.508 e. The first-order valence-corrected chi connectivity index (χ1v) is 13.9. The van der Waals surface area contributed by atoms with Gasteiger partial charge in [-0.15, -0.1) is 0 Å². The molecule has 4 aromatic rings. The second-order valence-electron chi connectivity index (χ2n) is 10.3. The van der Waals surface area contributed by atoms with Crippen LogP contribution >= 0.6 is 0 Å². The third-order valence-electron chi connectivity index (χ3n) is 6.68. The molecular weight excluding hydrogens is 552 g/mol. The van der Waals surface area contributed by atoms with E-state index >= 15 is 0 Å². The Morgan fingerprint density at radius 3 is 0.955 bits per heavy atom. The van der Waals surface area contributed by atoms with Gasteiger partial charge in [-0.25, -0.2) is 0 Å². The number of ketones is 5. The molecule has 0 aromatic heterocycles. The Hall–Kier alpha value is -5.49. The summed E-state index contributed by atoms with van der Waals surface area (Å²) in [5, 5.41) is 9.24. The number of aromatic hydroxyl groups is 1. The number of hydrogen-bond donors (Lipinski definition) is 1. The molecule has 44 heavy (non-hydrogen) atoms. The molecule has 0 heterocycles. The highest BCUT2D eigenvalue weighted by atomic mass is 16.3. The predicted molar refractivity (Wildman–Crippen MR) is 175 cm³/mol. The first-order chi connectivity index (χ1) is 20.8. The summed E-state index contributed by atoms with van der Waals surface area (Å²) in [6.07, 6.45) is 7.43. The average molecular weight is 587 g/mol. The molecular formula is C38H34O6. The van der Waals surface area contributed by atoms with Crippen LogP contribution < -0.4 is 0 Å². The van der Waals surface area contributed by atoms with E-state index in [9.17, 15) is 29.1 Å². The van der Waals surface area contributed by atoms with E-state index in [-0.39, 0.29) is 34.7 Å². The molecule has 0 aliphatic heterocycles. The smallest absolute Gasteiger partial charge is 0.159 e. The Morgan fingerprint density at radius 1 is 0.386 bits per heavy atom. The van der Waals surface area contributed by atoms with E-state index in [1.54, 1.807) is 72.8 Å². The van der Waals surface area contributed by atoms with Gasteiger partial charge in [0.05, 0.1) is 0 Å². The van der Waals surface area contributed by atoms with E-state index in [1.165, 1.54) is 34.6 Å². The summed E-state index contributed by atoms with van der Waals surface area (Å²) in [6, 6.07) is 24.3. The predicted octanol–water partition coefficient (Wildman–Crippen LogP) is 8.43. The number of phenols is 1. The lowest BCUT2D eigenvalue weighted by molar-refractivity contribution is 0.0998. The summed E-state index contributed by atoms with van der Waals surface area (Å²) < 4.78 is 0. The van der Waals surface area contributed by atoms with Gasteiger partial charge in [0.2, 0.25) is 0 Å². The first kappa shape index (κ1) is 33.0. The number of hydrogen-bond acceptors (Lipinski definition) is 6. The Kier molecular flexibility index (Phi) is 11.3. The zero-order valence-electron chi connectivity index (χ0n) is 25.4. The quantitative estimate of drug-likeness (QED) is 0.156. The molecule has 4 aromatic carbocycles. The number of phenolic OH excluding ortho intramolecular Hbond substituents is 1. The maximum atomic E-state index is 11.6. The summed E-state index contributed by atoms with van der Waals surface area (Å²) in [4.78, 5) is 57.5. The molecule has 0 saturated carbocycles. The molecule has 6 heteroatoms. The summed E-state index contributed by atoms with van der Waals surface area (Å²) in [7, 11) is 0. The molecule has 0 bridgehead atoms. The van der Waals surface area contributed by atoms with Crippen LogP contribution in [0.1, 0.15) is 109 Å². The first-order valence-electron chi connectivity index (χ1n) is 13.9. The van der Waals surface area contributed by atoms with Crippen LogP contribution in [-0.4, -0.2) is 34.0 Å². The van der Waals surface area contributed by atoms with Crippen LogP contribution in [0.4, 0.5) is 0 Å². The van der Waals surface area contributed by atoms with Gasteiger partial charge in [-0.1, -0.05) is 60.7 Å². The van der Waals surface area contributed by atoms with Crippen LogP contribution in [0.3, 0.4) is 0 Å². The molecule has 4 rings (SSSR count). The van der Waals surface area contributed by atoms with Crippen molar-refractivity contribution in [3.63, 3.8) is 0 Å². The van der Waals surface area contributed by atoms with Crippen molar-refractivity contribution < 1.29 is 29.1 Å². The van der Waals surface area contributed by atoms with E-state index in [4.69, 9.17) is 0 Å². The highest BCUT2D eigenvalue weighted by molar-refractivity contribution is 6.01. The summed E-state index contributed by atoms with van der Waals surface area (Å²) in [5.41, 5.74) is 6.19. The van der Waals surface area contributed by atoms with Gasteiger partial charge in [-0.3, -0.25) is 24.0 Å². The fraction of sp³-hybridized carbons (Fsp3) is 0.132. The number of carbonyl (C=O) groups excluding carboxylic acids is 5. The van der Waals surface area contributed by atoms with Crippen molar-refractivity contribution in [1.29, 1.82) is 0 Å². The number of rotatable bonds is 9. The van der Waals surface area contributed by atoms with Crippen molar-refractivity contribution in [3.8, 4) is 5.75 Å².